The molecular weight excluding hydrogens is 418 g/mol. The van der Waals surface area contributed by atoms with Crippen molar-refractivity contribution in [3.63, 3.8) is 0 Å². The van der Waals surface area contributed by atoms with Crippen LogP contribution in [0.5, 0.6) is 0 Å². The zero-order valence-corrected chi connectivity index (χ0v) is 16.5. The number of benzene rings is 2. The summed E-state index contributed by atoms with van der Waals surface area (Å²) in [7, 11) is 0. The van der Waals surface area contributed by atoms with E-state index in [9.17, 15) is 18.9 Å². The third-order valence-corrected chi connectivity index (χ3v) is 4.53. The quantitative estimate of drug-likeness (QED) is 0.318. The van der Waals surface area contributed by atoms with E-state index in [1.807, 2.05) is 30.3 Å². The molecular formula is C22H16F2N6O2. The van der Waals surface area contributed by atoms with E-state index in [0.29, 0.717) is 5.82 Å². The van der Waals surface area contributed by atoms with Crippen LogP contribution in [0.15, 0.2) is 79.3 Å². The Morgan fingerprint density at radius 2 is 1.72 bits per heavy atom. The highest BCUT2D eigenvalue weighted by Gasteiger charge is 2.29. The number of hydrogen-bond donors (Lipinski definition) is 1. The van der Waals surface area contributed by atoms with Gasteiger partial charge >= 0.3 is 5.69 Å². The summed E-state index contributed by atoms with van der Waals surface area (Å²) in [4.78, 5) is 25.5. The number of nitrogens with zero attached hydrogens (tertiary/aromatic N) is 5. The fourth-order valence-electron chi connectivity index (χ4n) is 3.08. The molecule has 0 spiro atoms. The van der Waals surface area contributed by atoms with Crippen LogP contribution in [0.2, 0.25) is 0 Å². The molecule has 0 radical (unpaired) electrons. The average Bonchev–Trinajstić information content (AvgIpc) is 2.81. The topological polar surface area (TPSA) is 97.1 Å². The van der Waals surface area contributed by atoms with Crippen molar-refractivity contribution in [2.75, 3.05) is 10.2 Å². The molecule has 2 aromatic carbocycles. The maximum atomic E-state index is 13.6. The van der Waals surface area contributed by atoms with Crippen molar-refractivity contribution in [3.8, 4) is 0 Å². The summed E-state index contributed by atoms with van der Waals surface area (Å²) in [5.41, 5.74) is 0.545. The number of halogens is 2. The van der Waals surface area contributed by atoms with Crippen LogP contribution >= 0.6 is 0 Å². The Hall–Kier alpha value is -4.47. The molecule has 32 heavy (non-hydrogen) atoms. The second kappa shape index (κ2) is 9.13. The second-order valence-corrected chi connectivity index (χ2v) is 6.67. The van der Waals surface area contributed by atoms with Crippen molar-refractivity contribution < 1.29 is 13.7 Å². The van der Waals surface area contributed by atoms with E-state index in [-0.39, 0.29) is 23.9 Å². The summed E-state index contributed by atoms with van der Waals surface area (Å²) in [5, 5.41) is 14.7. The highest BCUT2D eigenvalue weighted by molar-refractivity contribution is 5.77. The Kier molecular flexibility index (Phi) is 5.93. The van der Waals surface area contributed by atoms with Gasteiger partial charge in [0.1, 0.15) is 12.1 Å². The zero-order valence-electron chi connectivity index (χ0n) is 16.5. The van der Waals surface area contributed by atoms with Crippen molar-refractivity contribution in [1.29, 1.82) is 0 Å². The van der Waals surface area contributed by atoms with Crippen molar-refractivity contribution in [1.82, 2.24) is 15.0 Å². The third kappa shape index (κ3) is 4.48. The first-order valence-corrected chi connectivity index (χ1v) is 9.47. The molecule has 8 nitrogen and oxygen atoms in total. The summed E-state index contributed by atoms with van der Waals surface area (Å²) in [5.74, 6) is -1.85. The van der Waals surface area contributed by atoms with Gasteiger partial charge in [-0.1, -0.05) is 36.4 Å². The van der Waals surface area contributed by atoms with Gasteiger partial charge in [-0.05, 0) is 29.8 Å². The molecule has 0 bridgehead atoms. The Morgan fingerprint density at radius 3 is 2.41 bits per heavy atom. The van der Waals surface area contributed by atoms with E-state index in [1.54, 1.807) is 29.3 Å². The Morgan fingerprint density at radius 1 is 0.938 bits per heavy atom. The smallest absolute Gasteiger partial charge is 0.334 e. The van der Waals surface area contributed by atoms with Crippen LogP contribution in [0.3, 0.4) is 0 Å². The summed E-state index contributed by atoms with van der Waals surface area (Å²) in [6.45, 7) is 0.250. The molecule has 0 fully saturated rings. The lowest BCUT2D eigenvalue weighted by Gasteiger charge is -2.23. The second-order valence-electron chi connectivity index (χ2n) is 6.67. The van der Waals surface area contributed by atoms with E-state index in [1.165, 1.54) is 6.07 Å². The van der Waals surface area contributed by atoms with Crippen molar-refractivity contribution in [3.05, 3.63) is 107 Å². The first-order valence-electron chi connectivity index (χ1n) is 9.47. The highest BCUT2D eigenvalue weighted by atomic mass is 19.2. The number of rotatable bonds is 7. The van der Waals surface area contributed by atoms with Gasteiger partial charge in [0.2, 0.25) is 11.6 Å². The van der Waals surface area contributed by atoms with Gasteiger partial charge in [-0.2, -0.15) is 0 Å². The van der Waals surface area contributed by atoms with Crippen LogP contribution in [0.1, 0.15) is 5.56 Å². The molecule has 0 saturated carbocycles. The molecule has 0 aliphatic carbocycles. The SMILES string of the molecule is O=[N+]([O-])c1c(Nc2ccc(F)c(F)c2)ncnc1N(Cc1ccccc1)c1ccccn1. The maximum Gasteiger partial charge on any atom is 0.354 e. The fraction of sp³-hybridized carbons (Fsp3) is 0.0455. The molecule has 160 valence electrons. The summed E-state index contributed by atoms with van der Waals surface area (Å²) < 4.78 is 26.9. The number of hydrogen-bond acceptors (Lipinski definition) is 7. The van der Waals surface area contributed by atoms with Crippen molar-refractivity contribution >= 4 is 28.8 Å². The summed E-state index contributed by atoms with van der Waals surface area (Å²) in [6.07, 6.45) is 2.73. The van der Waals surface area contributed by atoms with E-state index in [0.717, 1.165) is 24.0 Å². The average molecular weight is 434 g/mol. The molecule has 4 rings (SSSR count). The first-order chi connectivity index (χ1) is 15.5. The minimum atomic E-state index is -1.09. The van der Waals surface area contributed by atoms with Crippen LogP contribution in [0, 0.1) is 21.7 Å². The molecule has 0 aliphatic heterocycles. The van der Waals surface area contributed by atoms with Gasteiger partial charge in [0, 0.05) is 18.0 Å². The molecule has 0 aliphatic rings. The molecule has 4 aromatic rings. The standard InChI is InChI=1S/C22H16F2N6O2/c23-17-10-9-16(12-18(17)24)28-21-20(30(31)32)22(27-14-26-21)29(19-8-4-5-11-25-19)13-15-6-2-1-3-7-15/h1-12,14H,13H2,(H,26,27,28). The monoisotopic (exact) mass is 434 g/mol. The number of nitrogens with one attached hydrogen (secondary N) is 1. The van der Waals surface area contributed by atoms with Crippen LogP contribution in [-0.4, -0.2) is 19.9 Å². The van der Waals surface area contributed by atoms with Gasteiger partial charge in [-0.25, -0.2) is 23.7 Å². The van der Waals surface area contributed by atoms with Crippen LogP contribution in [0.4, 0.5) is 37.6 Å². The largest absolute Gasteiger partial charge is 0.354 e. The van der Waals surface area contributed by atoms with Gasteiger partial charge in [0.15, 0.2) is 11.6 Å². The Balaban J connectivity index is 1.81. The van der Waals surface area contributed by atoms with Crippen molar-refractivity contribution in [2.45, 2.75) is 6.54 Å². The number of anilines is 4. The van der Waals surface area contributed by atoms with E-state index in [2.05, 4.69) is 20.3 Å². The maximum absolute atomic E-state index is 13.6. The molecule has 1 N–H and O–H groups in total. The summed E-state index contributed by atoms with van der Waals surface area (Å²) in [6, 6.07) is 17.6. The normalized spacial score (nSPS) is 10.6. The van der Waals surface area contributed by atoms with Crippen LogP contribution < -0.4 is 10.2 Å². The lowest BCUT2D eigenvalue weighted by Crippen LogP contribution is -2.21. The zero-order chi connectivity index (χ0) is 22.5. The van der Waals surface area contributed by atoms with Gasteiger partial charge in [-0.3, -0.25) is 10.1 Å². The predicted octanol–water partition coefficient (Wildman–Crippen LogP) is 5.14. The summed E-state index contributed by atoms with van der Waals surface area (Å²) >= 11 is 0. The van der Waals surface area contributed by atoms with E-state index < -0.39 is 22.2 Å². The molecule has 2 aromatic heterocycles. The molecule has 0 unspecified atom stereocenters. The number of nitro groups is 1. The highest BCUT2D eigenvalue weighted by Crippen LogP contribution is 2.37. The minimum Gasteiger partial charge on any atom is -0.334 e. The van der Waals surface area contributed by atoms with Crippen molar-refractivity contribution in [2.24, 2.45) is 0 Å². The van der Waals surface area contributed by atoms with E-state index in [4.69, 9.17) is 0 Å². The Bertz CT molecular complexity index is 1240. The first kappa shape index (κ1) is 20.8. The van der Waals surface area contributed by atoms with Crippen LogP contribution in [0.25, 0.3) is 0 Å². The number of aromatic nitrogens is 3. The van der Waals surface area contributed by atoms with Gasteiger partial charge in [0.05, 0.1) is 11.5 Å². The molecule has 10 heteroatoms. The molecule has 0 saturated heterocycles. The lowest BCUT2D eigenvalue weighted by molar-refractivity contribution is -0.383. The lowest BCUT2D eigenvalue weighted by atomic mass is 10.2. The molecule has 2 heterocycles. The fourth-order valence-corrected chi connectivity index (χ4v) is 3.08. The van der Waals surface area contributed by atoms with Gasteiger partial charge < -0.3 is 10.2 Å². The third-order valence-electron chi connectivity index (χ3n) is 4.53. The number of pyridine rings is 1. The van der Waals surface area contributed by atoms with E-state index >= 15 is 0 Å². The predicted molar refractivity (Wildman–Crippen MR) is 115 cm³/mol. The minimum absolute atomic E-state index is 0.00219. The Labute approximate surface area is 181 Å². The van der Waals surface area contributed by atoms with Crippen LogP contribution in [-0.2, 0) is 6.54 Å². The molecule has 0 atom stereocenters. The molecule has 0 amide bonds. The van der Waals surface area contributed by atoms with Gasteiger partial charge in [0.25, 0.3) is 0 Å². The van der Waals surface area contributed by atoms with Gasteiger partial charge in [-0.15, -0.1) is 0 Å².